The lowest BCUT2D eigenvalue weighted by molar-refractivity contribution is -0.669. The van der Waals surface area contributed by atoms with E-state index in [9.17, 15) is 0 Å². The van der Waals surface area contributed by atoms with Crippen molar-refractivity contribution in [3.63, 3.8) is 0 Å². The van der Waals surface area contributed by atoms with Crippen molar-refractivity contribution in [3.8, 4) is 0 Å². The van der Waals surface area contributed by atoms with E-state index in [2.05, 4.69) is 113 Å². The van der Waals surface area contributed by atoms with Crippen molar-refractivity contribution in [2.24, 2.45) is 0 Å². The molecule has 0 saturated carbocycles. The molecule has 0 fully saturated rings. The average Bonchev–Trinajstić information content (AvgIpc) is 3.54. The van der Waals surface area contributed by atoms with Crippen LogP contribution in [0.25, 0.3) is 16.3 Å². The van der Waals surface area contributed by atoms with Gasteiger partial charge in [0, 0.05) is 56.2 Å². The van der Waals surface area contributed by atoms with Crippen LogP contribution in [-0.4, -0.2) is 34.0 Å². The summed E-state index contributed by atoms with van der Waals surface area (Å²) in [4.78, 5) is 3.81. The quantitative estimate of drug-likeness (QED) is 0.125. The van der Waals surface area contributed by atoms with Crippen LogP contribution >= 0.6 is 23.1 Å². The van der Waals surface area contributed by atoms with E-state index in [1.807, 2.05) is 23.1 Å². The molecule has 43 heavy (non-hydrogen) atoms. The molecule has 1 aliphatic heterocycles. The summed E-state index contributed by atoms with van der Waals surface area (Å²) in [5.74, 6) is 0. The summed E-state index contributed by atoms with van der Waals surface area (Å²) in [5.41, 5.74) is 6.76. The molecule has 4 aromatic rings. The highest BCUT2D eigenvalue weighted by atomic mass is 32.2. The van der Waals surface area contributed by atoms with Gasteiger partial charge in [-0.2, -0.15) is 4.57 Å². The number of fused-ring (bicyclic) bond motifs is 2. The zero-order chi connectivity index (χ0) is 29.6. The van der Waals surface area contributed by atoms with Crippen LogP contribution in [0, 0.1) is 0 Å². The van der Waals surface area contributed by atoms with Crippen LogP contribution in [0.5, 0.6) is 0 Å². The van der Waals surface area contributed by atoms with Crippen molar-refractivity contribution < 1.29 is 14.0 Å². The molecule has 1 atom stereocenters. The molecule has 1 aromatic heterocycles. The Hall–Kier alpha value is -3.16. The number of allylic oxidation sites excluding steroid dienone is 4. The zero-order valence-electron chi connectivity index (χ0n) is 25.4. The van der Waals surface area contributed by atoms with Crippen LogP contribution in [-0.2, 0) is 21.4 Å². The summed E-state index contributed by atoms with van der Waals surface area (Å²) in [6.07, 6.45) is 11.3. The standard InChI is InChI=1S/C37H41N2O2S2/c1-37(30-13-5-4-6-14-30)26-28(24-35-38(19-11-21-40-2)31-15-7-9-17-33(31)42-35)23-29(27-37)25-36-39(20-12-22-41-3)32-16-8-10-18-34(32)43-36/h4-10,13-18,23-25H,11-12,19-22,26-27H2,1-3H3/q+1. The molecule has 2 heterocycles. The highest BCUT2D eigenvalue weighted by molar-refractivity contribution is 8.03. The van der Waals surface area contributed by atoms with Gasteiger partial charge in [-0.15, -0.1) is 0 Å². The normalized spacial score (nSPS) is 20.3. The van der Waals surface area contributed by atoms with Gasteiger partial charge in [0.25, 0.3) is 5.01 Å². The van der Waals surface area contributed by atoms with Gasteiger partial charge < -0.3 is 14.4 Å². The Morgan fingerprint density at radius 1 is 0.860 bits per heavy atom. The number of methoxy groups -OCH3 is 2. The van der Waals surface area contributed by atoms with Crippen LogP contribution in [0.15, 0.2) is 112 Å². The fraction of sp³-hybridized carbons (Fsp3) is 0.324. The van der Waals surface area contributed by atoms with E-state index in [1.165, 1.54) is 47.5 Å². The second-order valence-corrected chi connectivity index (χ2v) is 13.8. The predicted molar refractivity (Wildman–Crippen MR) is 182 cm³/mol. The Bertz CT molecular complexity index is 1660. The van der Waals surface area contributed by atoms with Crippen molar-refractivity contribution in [1.82, 2.24) is 0 Å². The maximum atomic E-state index is 5.40. The first-order valence-corrected chi connectivity index (χ1v) is 16.8. The van der Waals surface area contributed by atoms with Crippen LogP contribution < -0.4 is 9.47 Å². The summed E-state index contributed by atoms with van der Waals surface area (Å²) in [6.45, 7) is 5.85. The molecule has 0 radical (unpaired) electrons. The summed E-state index contributed by atoms with van der Waals surface area (Å²) >= 11 is 3.77. The van der Waals surface area contributed by atoms with Gasteiger partial charge in [0.05, 0.1) is 17.3 Å². The minimum absolute atomic E-state index is 0.00278. The minimum Gasteiger partial charge on any atom is -0.385 e. The number of hydrogen-bond acceptors (Lipinski definition) is 5. The molecule has 2 aliphatic rings. The number of thioether (sulfide) groups is 1. The Balaban J connectivity index is 1.41. The smallest absolute Gasteiger partial charge is 0.263 e. The summed E-state index contributed by atoms with van der Waals surface area (Å²) < 4.78 is 14.6. The lowest BCUT2D eigenvalue weighted by atomic mass is 9.69. The molecule has 222 valence electrons. The molecule has 4 nitrogen and oxygen atoms in total. The monoisotopic (exact) mass is 609 g/mol. The number of rotatable bonds is 11. The fourth-order valence-corrected chi connectivity index (χ4v) is 8.70. The Morgan fingerprint density at radius 3 is 2.44 bits per heavy atom. The summed E-state index contributed by atoms with van der Waals surface area (Å²) in [6, 6.07) is 28.6. The molecule has 0 bridgehead atoms. The topological polar surface area (TPSA) is 25.6 Å². The second-order valence-electron chi connectivity index (χ2n) is 11.7. The second kappa shape index (κ2) is 13.6. The van der Waals surface area contributed by atoms with Gasteiger partial charge in [-0.25, -0.2) is 0 Å². The average molecular weight is 610 g/mol. The van der Waals surface area contributed by atoms with E-state index in [-0.39, 0.29) is 5.41 Å². The van der Waals surface area contributed by atoms with E-state index < -0.39 is 0 Å². The summed E-state index contributed by atoms with van der Waals surface area (Å²) in [5, 5.41) is 2.61. The van der Waals surface area contributed by atoms with Crippen LogP contribution in [0.3, 0.4) is 0 Å². The molecule has 0 spiro atoms. The molecule has 0 amide bonds. The Kier molecular flexibility index (Phi) is 9.49. The third kappa shape index (κ3) is 6.68. The number of anilines is 1. The number of nitrogens with zero attached hydrogens (tertiary/aromatic N) is 2. The Morgan fingerprint density at radius 2 is 1.60 bits per heavy atom. The van der Waals surface area contributed by atoms with E-state index in [0.717, 1.165) is 52.0 Å². The van der Waals surface area contributed by atoms with Crippen molar-refractivity contribution >= 4 is 45.1 Å². The maximum absolute atomic E-state index is 5.40. The molecule has 1 aliphatic carbocycles. The number of thiazole rings is 1. The Labute approximate surface area is 264 Å². The highest BCUT2D eigenvalue weighted by Gasteiger charge is 2.33. The molecule has 6 heteroatoms. The lowest BCUT2D eigenvalue weighted by Crippen LogP contribution is -2.35. The molecule has 0 saturated heterocycles. The number of ether oxygens (including phenoxy) is 2. The molecule has 1 unspecified atom stereocenters. The van der Waals surface area contributed by atoms with Crippen molar-refractivity contribution in [1.29, 1.82) is 0 Å². The van der Waals surface area contributed by atoms with Gasteiger partial charge in [0.15, 0.2) is 6.54 Å². The number of aromatic nitrogens is 1. The van der Waals surface area contributed by atoms with E-state index in [0.29, 0.717) is 0 Å². The predicted octanol–water partition coefficient (Wildman–Crippen LogP) is 8.78. The van der Waals surface area contributed by atoms with Crippen molar-refractivity contribution in [3.05, 3.63) is 118 Å². The van der Waals surface area contributed by atoms with Crippen LogP contribution in [0.1, 0.15) is 43.2 Å². The molecule has 3 aromatic carbocycles. The number of benzene rings is 3. The number of hydrogen-bond donors (Lipinski definition) is 0. The minimum atomic E-state index is 0.00278. The van der Waals surface area contributed by atoms with E-state index in [4.69, 9.17) is 9.47 Å². The largest absolute Gasteiger partial charge is 0.385 e. The van der Waals surface area contributed by atoms with Gasteiger partial charge in [-0.05, 0) is 60.2 Å². The third-order valence-electron chi connectivity index (χ3n) is 8.38. The van der Waals surface area contributed by atoms with Gasteiger partial charge in [-0.1, -0.05) is 90.7 Å². The lowest BCUT2D eigenvalue weighted by Gasteiger charge is -2.35. The van der Waals surface area contributed by atoms with Gasteiger partial charge >= 0.3 is 0 Å². The summed E-state index contributed by atoms with van der Waals surface area (Å²) in [7, 11) is 3.57. The molecular formula is C37H41N2O2S2+. The first-order valence-electron chi connectivity index (χ1n) is 15.2. The first kappa shape index (κ1) is 29.9. The van der Waals surface area contributed by atoms with E-state index in [1.54, 1.807) is 14.2 Å². The van der Waals surface area contributed by atoms with Gasteiger partial charge in [-0.3, -0.25) is 0 Å². The van der Waals surface area contributed by atoms with Gasteiger partial charge in [0.2, 0.25) is 5.52 Å². The van der Waals surface area contributed by atoms with Crippen LogP contribution in [0.2, 0.25) is 0 Å². The highest BCUT2D eigenvalue weighted by Crippen LogP contribution is 2.48. The van der Waals surface area contributed by atoms with Gasteiger partial charge in [0.1, 0.15) is 4.70 Å². The number of aryl methyl sites for hydroxylation is 1. The molecule has 6 rings (SSSR count). The van der Waals surface area contributed by atoms with Crippen molar-refractivity contribution in [2.75, 3.05) is 38.9 Å². The fourth-order valence-electron chi connectivity index (χ4n) is 6.37. The van der Waals surface area contributed by atoms with E-state index >= 15 is 0 Å². The third-order valence-corrected chi connectivity index (χ3v) is 10.6. The zero-order valence-corrected chi connectivity index (χ0v) is 27.1. The molecule has 0 N–H and O–H groups in total. The maximum Gasteiger partial charge on any atom is 0.263 e. The van der Waals surface area contributed by atoms with Crippen molar-refractivity contribution in [2.45, 2.75) is 49.5 Å². The molecular weight excluding hydrogens is 569 g/mol. The first-order chi connectivity index (χ1) is 21.1. The van der Waals surface area contributed by atoms with Crippen LogP contribution in [0.4, 0.5) is 5.69 Å². The number of para-hydroxylation sites is 2. The SMILES string of the molecule is COCCCN1C(=CC2=CC(=Cc3sc4ccccc4[n+]3CCCOC)CC(C)(c3ccccc3)C2)Sc2ccccc21.